The number of fused-ring (bicyclic) bond motifs is 3. The maximum atomic E-state index is 12.9. The number of nitrogens with one attached hydrogen (secondary N) is 1. The maximum Gasteiger partial charge on any atom is 0.251 e. The Bertz CT molecular complexity index is 973. The number of piperazine rings is 1. The van der Waals surface area contributed by atoms with Crippen molar-refractivity contribution in [3.63, 3.8) is 0 Å². The van der Waals surface area contributed by atoms with Crippen LogP contribution >= 0.6 is 0 Å². The van der Waals surface area contributed by atoms with Crippen molar-refractivity contribution in [2.24, 2.45) is 5.92 Å². The van der Waals surface area contributed by atoms with Gasteiger partial charge in [0.1, 0.15) is 0 Å². The van der Waals surface area contributed by atoms with Gasteiger partial charge in [0.05, 0.1) is 0 Å². The third kappa shape index (κ3) is 4.31. The van der Waals surface area contributed by atoms with E-state index in [4.69, 9.17) is 0 Å². The van der Waals surface area contributed by atoms with Crippen LogP contribution in [0.1, 0.15) is 33.8 Å². The molecule has 2 atom stereocenters. The molecular formula is C27H31N3O. The number of allylic oxidation sites excluding steroid dienone is 4. The topological polar surface area (TPSA) is 35.6 Å². The standard InChI is InChI=1S/C27H31N3O/c31-27(25-13-6-12-24-23-11-5-4-8-21(23)20-26(24)25)28-14-7-15-29-16-18-30(19-17-29)22-9-2-1-3-10-22/h1-6,8-13,21,23H,7,14-20H2,(H,28,31). The van der Waals surface area contributed by atoms with Gasteiger partial charge in [-0.15, -0.1) is 0 Å². The first-order valence-electron chi connectivity index (χ1n) is 11.6. The van der Waals surface area contributed by atoms with Gasteiger partial charge in [0.2, 0.25) is 0 Å². The van der Waals surface area contributed by atoms with Crippen molar-refractivity contribution in [1.29, 1.82) is 0 Å². The van der Waals surface area contributed by atoms with Gasteiger partial charge in [-0.2, -0.15) is 0 Å². The largest absolute Gasteiger partial charge is 0.369 e. The molecule has 1 heterocycles. The summed E-state index contributed by atoms with van der Waals surface area (Å²) >= 11 is 0. The first-order chi connectivity index (χ1) is 15.3. The van der Waals surface area contributed by atoms with Crippen molar-refractivity contribution >= 4 is 11.6 Å². The Morgan fingerprint density at radius 1 is 0.935 bits per heavy atom. The average Bonchev–Trinajstić information content (AvgIpc) is 3.21. The van der Waals surface area contributed by atoms with E-state index in [0.29, 0.717) is 11.8 Å². The van der Waals surface area contributed by atoms with Crippen LogP contribution in [0.3, 0.4) is 0 Å². The van der Waals surface area contributed by atoms with Crippen LogP contribution in [-0.4, -0.2) is 50.1 Å². The van der Waals surface area contributed by atoms with E-state index in [1.54, 1.807) is 0 Å². The molecule has 1 fully saturated rings. The molecule has 0 spiro atoms. The molecule has 1 N–H and O–H groups in total. The van der Waals surface area contributed by atoms with Crippen LogP contribution in [0, 0.1) is 5.92 Å². The number of nitrogens with zero attached hydrogens (tertiary/aromatic N) is 2. The summed E-state index contributed by atoms with van der Waals surface area (Å²) in [7, 11) is 0. The van der Waals surface area contributed by atoms with Gasteiger partial charge in [-0.1, -0.05) is 54.6 Å². The lowest BCUT2D eigenvalue weighted by atomic mass is 9.89. The molecule has 1 saturated heterocycles. The van der Waals surface area contributed by atoms with Crippen LogP contribution in [0.15, 0.2) is 72.8 Å². The molecule has 1 amide bonds. The first kappa shape index (κ1) is 20.1. The number of carbonyl (C=O) groups is 1. The molecule has 0 aromatic heterocycles. The van der Waals surface area contributed by atoms with Crippen LogP contribution in [0.5, 0.6) is 0 Å². The summed E-state index contributed by atoms with van der Waals surface area (Å²) in [5, 5.41) is 3.17. The van der Waals surface area contributed by atoms with Crippen LogP contribution < -0.4 is 10.2 Å². The van der Waals surface area contributed by atoms with Crippen molar-refractivity contribution in [2.45, 2.75) is 18.8 Å². The van der Waals surface area contributed by atoms with E-state index in [1.807, 2.05) is 12.1 Å². The van der Waals surface area contributed by atoms with Gasteiger partial charge >= 0.3 is 0 Å². The first-order valence-corrected chi connectivity index (χ1v) is 11.6. The number of benzene rings is 2. The van der Waals surface area contributed by atoms with Crippen molar-refractivity contribution in [3.05, 3.63) is 89.5 Å². The maximum absolute atomic E-state index is 12.9. The molecule has 1 aliphatic heterocycles. The van der Waals surface area contributed by atoms with Crippen molar-refractivity contribution < 1.29 is 4.79 Å². The zero-order valence-corrected chi connectivity index (χ0v) is 18.0. The Kier molecular flexibility index (Phi) is 5.90. The van der Waals surface area contributed by atoms with Crippen molar-refractivity contribution in [1.82, 2.24) is 10.2 Å². The Morgan fingerprint density at radius 3 is 2.58 bits per heavy atom. The third-order valence-electron chi connectivity index (χ3n) is 6.94. The van der Waals surface area contributed by atoms with Crippen LogP contribution in [-0.2, 0) is 6.42 Å². The lowest BCUT2D eigenvalue weighted by Crippen LogP contribution is -2.47. The third-order valence-corrected chi connectivity index (χ3v) is 6.94. The molecule has 0 radical (unpaired) electrons. The number of anilines is 1. The molecule has 0 bridgehead atoms. The highest BCUT2D eigenvalue weighted by Gasteiger charge is 2.32. The minimum atomic E-state index is 0.0809. The highest BCUT2D eigenvalue weighted by molar-refractivity contribution is 5.96. The highest BCUT2D eigenvalue weighted by Crippen LogP contribution is 2.42. The smallest absolute Gasteiger partial charge is 0.251 e. The minimum Gasteiger partial charge on any atom is -0.369 e. The van der Waals surface area contributed by atoms with Crippen molar-refractivity contribution in [3.8, 4) is 0 Å². The number of hydrogen-bond donors (Lipinski definition) is 1. The van der Waals surface area contributed by atoms with Crippen LogP contribution in [0.4, 0.5) is 5.69 Å². The molecule has 2 aromatic rings. The molecule has 4 heteroatoms. The fraction of sp³-hybridized carbons (Fsp3) is 0.370. The summed E-state index contributed by atoms with van der Waals surface area (Å²) in [5.74, 6) is 1.02. The Hall–Kier alpha value is -2.85. The molecular weight excluding hydrogens is 382 g/mol. The lowest BCUT2D eigenvalue weighted by Gasteiger charge is -2.36. The SMILES string of the molecule is O=C(NCCCN1CCN(c2ccccc2)CC1)c1cccc2c1CC1C=CC=CC21. The van der Waals surface area contributed by atoms with Gasteiger partial charge in [0.25, 0.3) is 5.91 Å². The second-order valence-electron chi connectivity index (χ2n) is 8.81. The second kappa shape index (κ2) is 9.11. The summed E-state index contributed by atoms with van der Waals surface area (Å²) in [6.07, 6.45) is 10.8. The summed E-state index contributed by atoms with van der Waals surface area (Å²) in [6, 6.07) is 16.9. The fourth-order valence-corrected chi connectivity index (χ4v) is 5.24. The van der Waals surface area contributed by atoms with Crippen LogP contribution in [0.2, 0.25) is 0 Å². The molecule has 0 saturated carbocycles. The number of rotatable bonds is 6. The van der Waals surface area contributed by atoms with E-state index >= 15 is 0 Å². The predicted octanol–water partition coefficient (Wildman–Crippen LogP) is 4.01. The summed E-state index contributed by atoms with van der Waals surface area (Å²) in [5.41, 5.74) is 4.75. The number of hydrogen-bond acceptors (Lipinski definition) is 3. The van der Waals surface area contributed by atoms with Gasteiger partial charge in [-0.05, 0) is 54.6 Å². The van der Waals surface area contributed by atoms with E-state index in [9.17, 15) is 4.79 Å². The second-order valence-corrected chi connectivity index (χ2v) is 8.81. The lowest BCUT2D eigenvalue weighted by molar-refractivity contribution is 0.0950. The Balaban J connectivity index is 1.09. The fourth-order valence-electron chi connectivity index (χ4n) is 5.24. The van der Waals surface area contributed by atoms with E-state index in [2.05, 4.69) is 75.8 Å². The Labute approximate surface area is 185 Å². The zero-order valence-electron chi connectivity index (χ0n) is 18.0. The molecule has 2 aliphatic carbocycles. The molecule has 31 heavy (non-hydrogen) atoms. The van der Waals surface area contributed by atoms with E-state index in [1.165, 1.54) is 16.8 Å². The zero-order chi connectivity index (χ0) is 21.0. The quantitative estimate of drug-likeness (QED) is 0.727. The Morgan fingerprint density at radius 2 is 1.74 bits per heavy atom. The van der Waals surface area contributed by atoms with E-state index in [-0.39, 0.29) is 5.91 Å². The minimum absolute atomic E-state index is 0.0809. The molecule has 3 aliphatic rings. The summed E-state index contributed by atoms with van der Waals surface area (Å²) < 4.78 is 0. The molecule has 2 unspecified atom stereocenters. The normalized spacial score (nSPS) is 22.3. The summed E-state index contributed by atoms with van der Waals surface area (Å²) in [6.45, 7) is 6.07. The van der Waals surface area contributed by atoms with Gasteiger partial charge in [-0.25, -0.2) is 0 Å². The molecule has 5 rings (SSSR count). The van der Waals surface area contributed by atoms with E-state index in [0.717, 1.165) is 57.7 Å². The van der Waals surface area contributed by atoms with Crippen molar-refractivity contribution in [2.75, 3.05) is 44.2 Å². The average molecular weight is 414 g/mol. The monoisotopic (exact) mass is 413 g/mol. The van der Waals surface area contributed by atoms with Gasteiger partial charge in [-0.3, -0.25) is 9.69 Å². The molecule has 4 nitrogen and oxygen atoms in total. The molecule has 2 aromatic carbocycles. The predicted molar refractivity (Wildman–Crippen MR) is 127 cm³/mol. The van der Waals surface area contributed by atoms with E-state index < -0.39 is 0 Å². The number of amides is 1. The van der Waals surface area contributed by atoms with Gasteiger partial charge in [0, 0.05) is 49.9 Å². The summed E-state index contributed by atoms with van der Waals surface area (Å²) in [4.78, 5) is 17.9. The molecule has 160 valence electrons. The highest BCUT2D eigenvalue weighted by atomic mass is 16.1. The van der Waals surface area contributed by atoms with Crippen LogP contribution in [0.25, 0.3) is 0 Å². The van der Waals surface area contributed by atoms with Gasteiger partial charge in [0.15, 0.2) is 0 Å². The van der Waals surface area contributed by atoms with Gasteiger partial charge < -0.3 is 10.2 Å². The number of carbonyl (C=O) groups excluding carboxylic acids is 1. The number of para-hydroxylation sites is 1.